The molecule has 2 aromatic rings. The largest absolute Gasteiger partial charge is 0.511 e. The molecule has 0 aromatic heterocycles. The number of aliphatic imine (C=N–C) groups is 1. The van der Waals surface area contributed by atoms with Crippen LogP contribution >= 0.6 is 11.6 Å². The van der Waals surface area contributed by atoms with E-state index in [1.807, 2.05) is 54.6 Å². The Kier molecular flexibility index (Phi) is 4.39. The van der Waals surface area contributed by atoms with E-state index >= 15 is 0 Å². The molecule has 2 aliphatic rings. The summed E-state index contributed by atoms with van der Waals surface area (Å²) in [5.41, 5.74) is 1.98. The van der Waals surface area contributed by atoms with Crippen molar-refractivity contribution in [2.24, 2.45) is 4.99 Å². The zero-order chi connectivity index (χ0) is 18.1. The van der Waals surface area contributed by atoms with Crippen LogP contribution in [0.15, 0.2) is 70.9 Å². The fraction of sp³-hybridized carbons (Fsp3) is 0.200. The van der Waals surface area contributed by atoms with Gasteiger partial charge in [-0.2, -0.15) is 0 Å². The van der Waals surface area contributed by atoms with Gasteiger partial charge in [0.15, 0.2) is 0 Å². The average Bonchev–Trinajstić information content (AvgIpc) is 3.11. The van der Waals surface area contributed by atoms with Crippen molar-refractivity contribution < 1.29 is 9.90 Å². The quantitative estimate of drug-likeness (QED) is 0.863. The van der Waals surface area contributed by atoms with E-state index < -0.39 is 0 Å². The van der Waals surface area contributed by atoms with Crippen LogP contribution in [0.3, 0.4) is 0 Å². The molecule has 2 aliphatic heterocycles. The molecule has 0 unspecified atom stereocenters. The molecule has 1 atom stereocenters. The first kappa shape index (κ1) is 16.7. The number of aliphatic hydroxyl groups excluding tert-OH is 1. The van der Waals surface area contributed by atoms with Crippen molar-refractivity contribution in [2.75, 3.05) is 18.4 Å². The number of carbonyl (C=O) groups excluding carboxylic acids is 1. The monoisotopic (exact) mass is 367 g/mol. The van der Waals surface area contributed by atoms with E-state index in [1.54, 1.807) is 0 Å². The summed E-state index contributed by atoms with van der Waals surface area (Å²) in [6, 6.07) is 16.7. The van der Waals surface area contributed by atoms with Gasteiger partial charge in [-0.3, -0.25) is 9.79 Å². The van der Waals surface area contributed by atoms with Gasteiger partial charge in [0.1, 0.15) is 17.2 Å². The summed E-state index contributed by atoms with van der Waals surface area (Å²) >= 11 is 5.98. The lowest BCUT2D eigenvalue weighted by Crippen LogP contribution is -2.41. The van der Waals surface area contributed by atoms with Crippen LogP contribution in [0.2, 0.25) is 5.02 Å². The summed E-state index contributed by atoms with van der Waals surface area (Å²) in [6.07, 6.45) is 0.359. The first-order valence-electron chi connectivity index (χ1n) is 8.49. The summed E-state index contributed by atoms with van der Waals surface area (Å²) < 4.78 is 0. The molecular weight excluding hydrogens is 350 g/mol. The van der Waals surface area contributed by atoms with Gasteiger partial charge in [-0.15, -0.1) is 0 Å². The predicted octanol–water partition coefficient (Wildman–Crippen LogP) is 3.95. The number of para-hydroxylation sites is 1. The van der Waals surface area contributed by atoms with Crippen LogP contribution in [0.1, 0.15) is 18.0 Å². The molecule has 2 aromatic carbocycles. The third-order valence-electron chi connectivity index (χ3n) is 4.66. The molecule has 0 spiro atoms. The van der Waals surface area contributed by atoms with Crippen molar-refractivity contribution in [2.45, 2.75) is 12.5 Å². The van der Waals surface area contributed by atoms with E-state index in [0.717, 1.165) is 12.1 Å². The van der Waals surface area contributed by atoms with E-state index in [2.05, 4.69) is 15.2 Å². The molecule has 4 rings (SSSR count). The van der Waals surface area contributed by atoms with Gasteiger partial charge in [0.2, 0.25) is 0 Å². The smallest absolute Gasteiger partial charge is 0.262 e. The number of hydrogen-bond acceptors (Lipinski definition) is 4. The number of aliphatic hydroxyl groups is 1. The lowest BCUT2D eigenvalue weighted by molar-refractivity contribution is -0.112. The summed E-state index contributed by atoms with van der Waals surface area (Å²) in [7, 11) is 0. The van der Waals surface area contributed by atoms with Crippen LogP contribution in [-0.2, 0) is 4.79 Å². The van der Waals surface area contributed by atoms with Gasteiger partial charge in [-0.25, -0.2) is 0 Å². The minimum Gasteiger partial charge on any atom is -0.511 e. The van der Waals surface area contributed by atoms with Gasteiger partial charge in [0, 0.05) is 23.7 Å². The Balaban J connectivity index is 1.65. The SMILES string of the molecule is O=C(Nc1ccccc1)C1=C(O)C[C@H](c2ccc(Cl)cc2)N2CCN=C12. The molecule has 0 saturated carbocycles. The Labute approximate surface area is 156 Å². The highest BCUT2D eigenvalue weighted by atomic mass is 35.5. The van der Waals surface area contributed by atoms with Gasteiger partial charge in [-0.1, -0.05) is 41.9 Å². The molecule has 26 heavy (non-hydrogen) atoms. The number of hydrogen-bond donors (Lipinski definition) is 2. The second kappa shape index (κ2) is 6.84. The second-order valence-corrected chi connectivity index (χ2v) is 6.75. The maximum absolute atomic E-state index is 12.8. The Morgan fingerprint density at radius 3 is 2.62 bits per heavy atom. The first-order valence-corrected chi connectivity index (χ1v) is 8.87. The Morgan fingerprint density at radius 1 is 1.15 bits per heavy atom. The van der Waals surface area contributed by atoms with E-state index in [-0.39, 0.29) is 23.3 Å². The summed E-state index contributed by atoms with van der Waals surface area (Å²) in [5, 5.41) is 14.1. The standard InChI is InChI=1S/C20H18ClN3O2/c21-14-8-6-13(7-9-14)16-12-17(25)18(19-22-10-11-24(16)19)20(26)23-15-4-2-1-3-5-15/h1-9,16,25H,10-12H2,(H,23,26)/t16-/m1/s1. The third kappa shape index (κ3) is 3.06. The minimum absolute atomic E-state index is 0.0539. The number of amidine groups is 1. The number of fused-ring (bicyclic) bond motifs is 1. The number of nitrogens with zero attached hydrogens (tertiary/aromatic N) is 2. The molecule has 132 valence electrons. The number of amides is 1. The maximum Gasteiger partial charge on any atom is 0.262 e. The highest BCUT2D eigenvalue weighted by Crippen LogP contribution is 2.36. The summed E-state index contributed by atoms with van der Waals surface area (Å²) in [5.74, 6) is 0.284. The van der Waals surface area contributed by atoms with Crippen LogP contribution in [-0.4, -0.2) is 34.8 Å². The Hall–Kier alpha value is -2.79. The molecule has 0 bridgehead atoms. The number of rotatable bonds is 3. The fourth-order valence-electron chi connectivity index (χ4n) is 3.44. The van der Waals surface area contributed by atoms with Gasteiger partial charge in [0.25, 0.3) is 5.91 Å². The lowest BCUT2D eigenvalue weighted by Gasteiger charge is -2.35. The molecule has 6 heteroatoms. The second-order valence-electron chi connectivity index (χ2n) is 6.31. The molecule has 5 nitrogen and oxygen atoms in total. The van der Waals surface area contributed by atoms with E-state index in [0.29, 0.717) is 29.5 Å². The number of anilines is 1. The molecule has 2 N–H and O–H groups in total. The molecule has 0 aliphatic carbocycles. The predicted molar refractivity (Wildman–Crippen MR) is 103 cm³/mol. The third-order valence-corrected chi connectivity index (χ3v) is 4.92. The van der Waals surface area contributed by atoms with Gasteiger partial charge < -0.3 is 15.3 Å². The van der Waals surface area contributed by atoms with Crippen molar-refractivity contribution in [3.8, 4) is 0 Å². The molecule has 0 radical (unpaired) electrons. The fourth-order valence-corrected chi connectivity index (χ4v) is 3.57. The number of benzene rings is 2. The topological polar surface area (TPSA) is 64.9 Å². The minimum atomic E-state index is -0.339. The Bertz CT molecular complexity index is 891. The average molecular weight is 368 g/mol. The van der Waals surface area contributed by atoms with Crippen molar-refractivity contribution in [1.82, 2.24) is 4.90 Å². The van der Waals surface area contributed by atoms with Crippen LogP contribution < -0.4 is 5.32 Å². The summed E-state index contributed by atoms with van der Waals surface area (Å²) in [6.45, 7) is 1.33. The van der Waals surface area contributed by atoms with Crippen molar-refractivity contribution in [3.63, 3.8) is 0 Å². The van der Waals surface area contributed by atoms with Crippen LogP contribution in [0.25, 0.3) is 0 Å². The van der Waals surface area contributed by atoms with E-state index in [9.17, 15) is 9.90 Å². The van der Waals surface area contributed by atoms with Gasteiger partial charge in [0.05, 0.1) is 12.6 Å². The number of halogens is 1. The van der Waals surface area contributed by atoms with E-state index in [4.69, 9.17) is 11.6 Å². The van der Waals surface area contributed by atoms with Crippen LogP contribution in [0.4, 0.5) is 5.69 Å². The van der Waals surface area contributed by atoms with Gasteiger partial charge >= 0.3 is 0 Å². The van der Waals surface area contributed by atoms with Crippen molar-refractivity contribution >= 4 is 29.0 Å². The summed E-state index contributed by atoms with van der Waals surface area (Å²) in [4.78, 5) is 19.3. The first-order chi connectivity index (χ1) is 12.6. The molecule has 0 saturated heterocycles. The molecule has 2 heterocycles. The molecular formula is C20H18ClN3O2. The van der Waals surface area contributed by atoms with E-state index in [1.165, 1.54) is 0 Å². The normalized spacial score (nSPS) is 19.2. The number of nitrogens with one attached hydrogen (secondary N) is 1. The van der Waals surface area contributed by atoms with Crippen LogP contribution in [0, 0.1) is 0 Å². The maximum atomic E-state index is 12.8. The van der Waals surface area contributed by atoms with Crippen molar-refractivity contribution in [3.05, 3.63) is 76.5 Å². The zero-order valence-corrected chi connectivity index (χ0v) is 14.8. The highest BCUT2D eigenvalue weighted by Gasteiger charge is 2.38. The van der Waals surface area contributed by atoms with Crippen molar-refractivity contribution in [1.29, 1.82) is 0 Å². The molecule has 0 fully saturated rings. The van der Waals surface area contributed by atoms with Crippen LogP contribution in [0.5, 0.6) is 0 Å². The zero-order valence-electron chi connectivity index (χ0n) is 14.0. The lowest BCUT2D eigenvalue weighted by atomic mass is 9.93. The van der Waals surface area contributed by atoms with Gasteiger partial charge in [-0.05, 0) is 29.8 Å². The number of carbonyl (C=O) groups is 1. The Morgan fingerprint density at radius 2 is 1.88 bits per heavy atom. The highest BCUT2D eigenvalue weighted by molar-refractivity contribution is 6.30. The molecule has 1 amide bonds.